The quantitative estimate of drug-likeness (QED) is 0.543. The van der Waals surface area contributed by atoms with E-state index in [9.17, 15) is 18.4 Å². The third-order valence-electron chi connectivity index (χ3n) is 6.73. The lowest BCUT2D eigenvalue weighted by atomic mass is 9.60. The van der Waals surface area contributed by atoms with Gasteiger partial charge in [-0.15, -0.1) is 0 Å². The van der Waals surface area contributed by atoms with E-state index in [0.29, 0.717) is 6.42 Å². The van der Waals surface area contributed by atoms with Crippen LogP contribution in [-0.4, -0.2) is 18.0 Å². The number of rotatable bonds is 4. The molecular formula is C25H29F3N2. The monoisotopic (exact) mass is 414 g/mol. The second kappa shape index (κ2) is 8.43. The Morgan fingerprint density at radius 1 is 0.900 bits per heavy atom. The molecule has 2 aromatic rings. The summed E-state index contributed by atoms with van der Waals surface area (Å²) in [6, 6.07) is 15.7. The van der Waals surface area contributed by atoms with E-state index in [4.69, 9.17) is 0 Å². The van der Waals surface area contributed by atoms with Crippen molar-refractivity contribution in [2.75, 3.05) is 13.1 Å². The highest BCUT2D eigenvalue weighted by molar-refractivity contribution is 5.64. The number of benzene rings is 2. The maximum Gasteiger partial charge on any atom is 0.416 e. The summed E-state index contributed by atoms with van der Waals surface area (Å²) in [4.78, 5) is 2.43. The first-order valence-corrected chi connectivity index (χ1v) is 10.4. The van der Waals surface area contributed by atoms with E-state index < -0.39 is 11.7 Å². The maximum absolute atomic E-state index is 12.7. The van der Waals surface area contributed by atoms with Crippen LogP contribution in [-0.2, 0) is 12.7 Å². The van der Waals surface area contributed by atoms with Gasteiger partial charge in [-0.05, 0) is 65.6 Å². The van der Waals surface area contributed by atoms with Crippen molar-refractivity contribution in [3.05, 3.63) is 59.7 Å². The molecule has 0 radical (unpaired) electrons. The molecule has 0 unspecified atom stereocenters. The van der Waals surface area contributed by atoms with Crippen molar-refractivity contribution >= 4 is 0 Å². The predicted molar refractivity (Wildman–Crippen MR) is 114 cm³/mol. The zero-order valence-electron chi connectivity index (χ0n) is 17.9. The van der Waals surface area contributed by atoms with Crippen molar-refractivity contribution in [3.63, 3.8) is 0 Å². The number of halogens is 3. The smallest absolute Gasteiger partial charge is 0.299 e. The summed E-state index contributed by atoms with van der Waals surface area (Å²) in [6.45, 7) is 9.50. The standard InChI is InChI=1S/C25H29F3N2/c1-23(2,3)24(12-15-29)13-16-30(17-14-24)18-19-4-6-20(7-5-19)21-8-10-22(11-9-21)25(26,27)28/h4-11H,12-14,16-18H2,1-3H3. The van der Waals surface area contributed by atoms with Crippen molar-refractivity contribution in [1.82, 2.24) is 4.90 Å². The number of alkyl halides is 3. The predicted octanol–water partition coefficient (Wildman–Crippen LogP) is 6.91. The lowest BCUT2D eigenvalue weighted by Crippen LogP contribution is -2.46. The SMILES string of the molecule is CC(C)(C)C1(CC#N)CCN(Cc2ccc(-c3ccc(C(F)(F)F)cc3)cc2)CC1. The van der Waals surface area contributed by atoms with Gasteiger partial charge in [0.05, 0.1) is 11.6 Å². The molecule has 1 saturated heterocycles. The van der Waals surface area contributed by atoms with Crippen molar-refractivity contribution in [2.24, 2.45) is 10.8 Å². The molecule has 2 nitrogen and oxygen atoms in total. The molecule has 1 heterocycles. The topological polar surface area (TPSA) is 27.0 Å². The molecule has 0 aromatic heterocycles. The number of nitrogens with zero attached hydrogens (tertiary/aromatic N) is 2. The normalized spacial score (nSPS) is 17.5. The van der Waals surface area contributed by atoms with Gasteiger partial charge in [-0.2, -0.15) is 18.4 Å². The van der Waals surface area contributed by atoms with Gasteiger partial charge < -0.3 is 0 Å². The molecule has 30 heavy (non-hydrogen) atoms. The van der Waals surface area contributed by atoms with E-state index in [2.05, 4.69) is 31.7 Å². The van der Waals surface area contributed by atoms with Crippen molar-refractivity contribution in [3.8, 4) is 17.2 Å². The highest BCUT2D eigenvalue weighted by atomic mass is 19.4. The Balaban J connectivity index is 1.62. The molecule has 0 bridgehead atoms. The minimum Gasteiger partial charge on any atom is -0.299 e. The summed E-state index contributed by atoms with van der Waals surface area (Å²) in [5.41, 5.74) is 2.43. The minimum atomic E-state index is -4.31. The first kappa shape index (κ1) is 22.4. The summed E-state index contributed by atoms with van der Waals surface area (Å²) in [5, 5.41) is 9.30. The third-order valence-corrected chi connectivity index (χ3v) is 6.73. The van der Waals surface area contributed by atoms with Gasteiger partial charge in [0.2, 0.25) is 0 Å². The largest absolute Gasteiger partial charge is 0.416 e. The van der Waals surface area contributed by atoms with Crippen molar-refractivity contribution in [1.29, 1.82) is 5.26 Å². The van der Waals surface area contributed by atoms with Crippen LogP contribution in [0.25, 0.3) is 11.1 Å². The van der Waals surface area contributed by atoms with Crippen molar-refractivity contribution in [2.45, 2.75) is 52.8 Å². The summed E-state index contributed by atoms with van der Waals surface area (Å²) in [5.74, 6) is 0. The Hall–Kier alpha value is -2.32. The summed E-state index contributed by atoms with van der Waals surface area (Å²) in [7, 11) is 0. The first-order chi connectivity index (χ1) is 14.0. The molecule has 1 fully saturated rings. The lowest BCUT2D eigenvalue weighted by Gasteiger charge is -2.49. The van der Waals surface area contributed by atoms with Crippen LogP contribution in [0, 0.1) is 22.2 Å². The number of likely N-dealkylation sites (tertiary alicyclic amines) is 1. The van der Waals surface area contributed by atoms with Crippen LogP contribution in [0.5, 0.6) is 0 Å². The molecule has 0 aliphatic carbocycles. The molecule has 2 aromatic carbocycles. The molecule has 3 rings (SSSR count). The van der Waals surface area contributed by atoms with Gasteiger partial charge in [-0.1, -0.05) is 57.2 Å². The Morgan fingerprint density at radius 2 is 1.40 bits per heavy atom. The average Bonchev–Trinajstić information content (AvgIpc) is 2.69. The summed E-state index contributed by atoms with van der Waals surface area (Å²) >= 11 is 0. The molecule has 0 spiro atoms. The summed E-state index contributed by atoms with van der Waals surface area (Å²) in [6.07, 6.45) is -1.66. The minimum absolute atomic E-state index is 0.0741. The fourth-order valence-corrected chi connectivity index (χ4v) is 4.39. The molecule has 0 atom stereocenters. The lowest BCUT2D eigenvalue weighted by molar-refractivity contribution is -0.137. The van der Waals surface area contributed by atoms with Crippen LogP contribution < -0.4 is 0 Å². The van der Waals surface area contributed by atoms with Crippen LogP contribution in [0.3, 0.4) is 0 Å². The molecule has 0 amide bonds. The Kier molecular flexibility index (Phi) is 6.29. The number of nitriles is 1. The van der Waals surface area contributed by atoms with E-state index in [1.165, 1.54) is 17.7 Å². The van der Waals surface area contributed by atoms with E-state index >= 15 is 0 Å². The van der Waals surface area contributed by atoms with Gasteiger partial charge in [-0.25, -0.2) is 0 Å². The van der Waals surface area contributed by atoms with Gasteiger partial charge in [0, 0.05) is 13.0 Å². The third kappa shape index (κ3) is 4.87. The van der Waals surface area contributed by atoms with Gasteiger partial charge in [0.25, 0.3) is 0 Å². The highest BCUT2D eigenvalue weighted by Gasteiger charge is 2.43. The number of hydrogen-bond donors (Lipinski definition) is 0. The fraction of sp³-hybridized carbons (Fsp3) is 0.480. The second-order valence-electron chi connectivity index (χ2n) is 9.41. The van der Waals surface area contributed by atoms with Gasteiger partial charge in [0.15, 0.2) is 0 Å². The Labute approximate surface area is 177 Å². The zero-order chi connectivity index (χ0) is 22.0. The van der Waals surface area contributed by atoms with E-state index in [1.807, 2.05) is 24.3 Å². The van der Waals surface area contributed by atoms with E-state index in [1.54, 1.807) is 0 Å². The van der Waals surface area contributed by atoms with Crippen molar-refractivity contribution < 1.29 is 13.2 Å². The van der Waals surface area contributed by atoms with Crippen LogP contribution in [0.2, 0.25) is 0 Å². The van der Waals surface area contributed by atoms with Crippen LogP contribution >= 0.6 is 0 Å². The van der Waals surface area contributed by atoms with E-state index in [-0.39, 0.29) is 10.8 Å². The molecule has 0 saturated carbocycles. The van der Waals surface area contributed by atoms with Gasteiger partial charge in [0.1, 0.15) is 0 Å². The fourth-order valence-electron chi connectivity index (χ4n) is 4.39. The van der Waals surface area contributed by atoms with Crippen LogP contribution in [0.1, 0.15) is 51.2 Å². The maximum atomic E-state index is 12.7. The average molecular weight is 415 g/mol. The Morgan fingerprint density at radius 3 is 1.83 bits per heavy atom. The number of piperidine rings is 1. The molecule has 160 valence electrons. The second-order valence-corrected chi connectivity index (χ2v) is 9.41. The molecule has 1 aliphatic heterocycles. The number of hydrogen-bond acceptors (Lipinski definition) is 2. The molecule has 0 N–H and O–H groups in total. The Bertz CT molecular complexity index is 876. The molecular weight excluding hydrogens is 385 g/mol. The highest BCUT2D eigenvalue weighted by Crippen LogP contribution is 2.49. The molecule has 1 aliphatic rings. The summed E-state index contributed by atoms with van der Waals surface area (Å²) < 4.78 is 38.2. The molecule has 5 heteroatoms. The van der Waals surface area contributed by atoms with E-state index in [0.717, 1.165) is 55.7 Å². The van der Waals surface area contributed by atoms with Gasteiger partial charge in [-0.3, -0.25) is 4.90 Å². The zero-order valence-corrected chi connectivity index (χ0v) is 17.9. The van der Waals surface area contributed by atoms with Crippen LogP contribution in [0.4, 0.5) is 13.2 Å². The first-order valence-electron chi connectivity index (χ1n) is 10.4. The van der Waals surface area contributed by atoms with Gasteiger partial charge >= 0.3 is 6.18 Å². The van der Waals surface area contributed by atoms with Crippen LogP contribution in [0.15, 0.2) is 48.5 Å².